The zero-order valence-corrected chi connectivity index (χ0v) is 41.5. The van der Waals surface area contributed by atoms with E-state index in [1.54, 1.807) is 6.92 Å². The van der Waals surface area contributed by atoms with Crippen LogP contribution < -0.4 is 40.7 Å². The van der Waals surface area contributed by atoms with E-state index in [4.69, 9.17) is 19.9 Å². The van der Waals surface area contributed by atoms with Crippen molar-refractivity contribution in [3.05, 3.63) is 46.6 Å². The molecule has 28 nitrogen and oxygen atoms in total. The number of methoxy groups -OCH3 is 1. The number of nitrogen functional groups attached to an aromatic ring is 1. The summed E-state index contributed by atoms with van der Waals surface area (Å²) in [5.41, 5.74) is 6.70. The molecule has 0 bridgehead atoms. The first-order valence-corrected chi connectivity index (χ1v) is 26.2. The predicted molar refractivity (Wildman–Crippen MR) is 233 cm³/mol. The molecule has 1 saturated heterocycles. The smallest absolute Gasteiger partial charge is 0.342 e. The van der Waals surface area contributed by atoms with E-state index in [9.17, 15) is 67.8 Å². The van der Waals surface area contributed by atoms with Gasteiger partial charge >= 0.3 is 5.97 Å². The first-order valence-electron chi connectivity index (χ1n) is 20.9. The minimum atomic E-state index is -5.95. The van der Waals surface area contributed by atoms with Gasteiger partial charge < -0.3 is 83.6 Å². The van der Waals surface area contributed by atoms with E-state index in [0.29, 0.717) is 28.9 Å². The fourth-order valence-electron chi connectivity index (χ4n) is 7.05. The number of phenols is 1. The maximum absolute atomic E-state index is 12.7. The van der Waals surface area contributed by atoms with Gasteiger partial charge in [-0.25, -0.2) is 24.1 Å². The molecule has 3 aromatic rings. The number of benzene rings is 1. The number of fused-ring (bicyclic) bond motifs is 2. The van der Waals surface area contributed by atoms with Gasteiger partial charge in [-0.15, -0.1) is 0 Å². The number of rotatable bonds is 25. The topological polar surface area (TPSA) is 431 Å². The number of cyclic esters (lactones) is 1. The number of nitrogens with one attached hydrogen (secondary N) is 2. The number of thioether (sulfide) groups is 1. The second-order valence-corrected chi connectivity index (χ2v) is 21.6. The van der Waals surface area contributed by atoms with Crippen LogP contribution in [0.2, 0.25) is 0 Å². The van der Waals surface area contributed by atoms with Crippen LogP contribution in [0, 0.1) is 12.3 Å². The lowest BCUT2D eigenvalue weighted by Crippen LogP contribution is -2.46. The third kappa shape index (κ3) is 14.6. The molecular formula is C38H50N7O21P3S-4. The number of esters is 1. The van der Waals surface area contributed by atoms with Gasteiger partial charge in [0.15, 0.2) is 22.8 Å². The molecule has 388 valence electrons. The molecule has 0 saturated carbocycles. The first kappa shape index (κ1) is 56.5. The number of imidazole rings is 1. The number of nitrogens with zero attached hydrogens (tertiary/aromatic N) is 4. The van der Waals surface area contributed by atoms with Crippen molar-refractivity contribution >= 4 is 75.1 Å². The number of aromatic nitrogens is 4. The Morgan fingerprint density at radius 2 is 1.77 bits per heavy atom. The van der Waals surface area contributed by atoms with E-state index in [1.165, 1.54) is 21.0 Å². The van der Waals surface area contributed by atoms with Gasteiger partial charge in [-0.1, -0.05) is 37.3 Å². The maximum atomic E-state index is 12.7. The van der Waals surface area contributed by atoms with Crippen LogP contribution in [0.15, 0.2) is 24.3 Å². The van der Waals surface area contributed by atoms with Gasteiger partial charge in [0.1, 0.15) is 59.9 Å². The van der Waals surface area contributed by atoms with Crippen LogP contribution in [0.25, 0.3) is 11.2 Å². The number of phosphoric acid groups is 3. The average molecular weight is 1070 g/mol. The Balaban J connectivity index is 0.994. The molecule has 5 rings (SSSR count). The van der Waals surface area contributed by atoms with Crippen molar-refractivity contribution in [2.45, 2.75) is 90.6 Å². The van der Waals surface area contributed by atoms with E-state index in [0.717, 1.165) is 34.6 Å². The molecular weight excluding hydrogens is 1020 g/mol. The molecule has 1 aromatic carbocycles. The summed E-state index contributed by atoms with van der Waals surface area (Å²) in [5, 5.41) is 37.0. The fourth-order valence-corrected chi connectivity index (χ4v) is 10.5. The highest BCUT2D eigenvalue weighted by Gasteiger charge is 2.47. The van der Waals surface area contributed by atoms with Crippen molar-refractivity contribution in [2.75, 3.05) is 44.9 Å². The number of anilines is 1. The normalized spacial score (nSPS) is 20.6. The molecule has 0 spiro atoms. The van der Waals surface area contributed by atoms with Crippen LogP contribution in [0.1, 0.15) is 73.3 Å². The number of phenolic OH excluding ortho intramolecular Hbond substituents is 1. The molecule has 1 fully saturated rings. The summed E-state index contributed by atoms with van der Waals surface area (Å²) in [6.07, 6.45) is -5.10. The quantitative estimate of drug-likeness (QED) is 0.0251. The Bertz CT molecular complexity index is 2630. The number of carbonyl (C=O) groups is 4. The molecule has 2 aliphatic rings. The molecule has 4 heterocycles. The Morgan fingerprint density at radius 1 is 1.07 bits per heavy atom. The highest BCUT2D eigenvalue weighted by atomic mass is 32.2. The largest absolute Gasteiger partial charge is 0.790 e. The third-order valence-electron chi connectivity index (χ3n) is 10.8. The van der Waals surface area contributed by atoms with Crippen LogP contribution >= 0.6 is 35.2 Å². The summed E-state index contributed by atoms with van der Waals surface area (Å²) in [6.45, 7) is 3.53. The summed E-state index contributed by atoms with van der Waals surface area (Å²) >= 11 is 1.00. The van der Waals surface area contributed by atoms with Crippen LogP contribution in [0.5, 0.6) is 11.5 Å². The van der Waals surface area contributed by atoms with Crippen LogP contribution in [0.4, 0.5) is 5.82 Å². The van der Waals surface area contributed by atoms with E-state index in [1.807, 2.05) is 13.0 Å². The molecule has 7 N–H and O–H groups in total. The van der Waals surface area contributed by atoms with Crippen molar-refractivity contribution in [3.8, 4) is 11.5 Å². The van der Waals surface area contributed by atoms with E-state index >= 15 is 0 Å². The minimum Gasteiger partial charge on any atom is -0.790 e. The molecule has 7 atom stereocenters. The number of hydrogen-bond donors (Lipinski definition) is 6. The number of amides is 2. The lowest BCUT2D eigenvalue weighted by atomic mass is 9.87. The van der Waals surface area contributed by atoms with Gasteiger partial charge in [0.2, 0.25) is 11.8 Å². The SMILES string of the molecule is COc1c(C)c2c(c(O)c1C/C=C(\C)CCC(=O)SCCNC(=O)CCNC(=O)[C@H](O)C(C)(C)COP(=O)([O-])OP(=O)([O-])OC[C@H]1O[C@@H](n3cnc4c(N)ncnc43)[C@H](O)[C@@H]1OP(=O)([O-])[O-])C(=O)OC2. The second-order valence-electron chi connectivity index (χ2n) is 16.4. The van der Waals surface area contributed by atoms with Crippen molar-refractivity contribution < 1.29 is 99.9 Å². The van der Waals surface area contributed by atoms with Gasteiger partial charge in [0, 0.05) is 48.2 Å². The number of carbonyl (C=O) groups excluding carboxylic acids is 4. The van der Waals surface area contributed by atoms with Crippen molar-refractivity contribution in [1.29, 1.82) is 0 Å². The summed E-state index contributed by atoms with van der Waals surface area (Å²) in [7, 11) is -16.2. The summed E-state index contributed by atoms with van der Waals surface area (Å²) in [6, 6.07) is 0. The molecule has 70 heavy (non-hydrogen) atoms. The third-order valence-corrected chi connectivity index (χ3v) is 14.7. The number of ether oxygens (including phenoxy) is 3. The fraction of sp³-hybridized carbons (Fsp3) is 0.553. The van der Waals surface area contributed by atoms with E-state index in [-0.39, 0.29) is 78.1 Å². The number of aliphatic hydroxyl groups is 2. The van der Waals surface area contributed by atoms with Crippen LogP contribution in [0.3, 0.4) is 0 Å². The first-order chi connectivity index (χ1) is 32.6. The van der Waals surface area contributed by atoms with Gasteiger partial charge in [0.05, 0.1) is 34.5 Å². The van der Waals surface area contributed by atoms with Gasteiger partial charge in [-0.05, 0) is 32.3 Å². The number of nitrogens with two attached hydrogens (primary N) is 1. The highest BCUT2D eigenvalue weighted by molar-refractivity contribution is 8.13. The maximum Gasteiger partial charge on any atom is 0.342 e. The summed E-state index contributed by atoms with van der Waals surface area (Å²) in [4.78, 5) is 109. The molecule has 2 aromatic heterocycles. The monoisotopic (exact) mass is 1070 g/mol. The number of phosphoric ester groups is 3. The van der Waals surface area contributed by atoms with Gasteiger partial charge in [0.25, 0.3) is 15.6 Å². The zero-order valence-electron chi connectivity index (χ0n) is 38.0. The predicted octanol–water partition coefficient (Wildman–Crippen LogP) is -1.20. The lowest BCUT2D eigenvalue weighted by molar-refractivity contribution is -0.347. The molecule has 2 aliphatic heterocycles. The molecule has 0 radical (unpaired) electrons. The van der Waals surface area contributed by atoms with Crippen molar-refractivity contribution in [1.82, 2.24) is 30.2 Å². The number of aliphatic hydroxyl groups excluding tert-OH is 2. The Labute approximate surface area is 403 Å². The number of aromatic hydroxyl groups is 1. The zero-order chi connectivity index (χ0) is 51.9. The van der Waals surface area contributed by atoms with Crippen molar-refractivity contribution in [2.24, 2.45) is 5.41 Å². The van der Waals surface area contributed by atoms with Crippen LogP contribution in [-0.4, -0.2) is 121 Å². The summed E-state index contributed by atoms with van der Waals surface area (Å²) in [5.74, 6) is -1.76. The standard InChI is InChI=1S/C38H54N7O21P3S/c1-19(6-8-21-28(48)26-22(14-61-37(26)52)20(2)30(21)60-5)7-9-25(47)70-13-12-40-24(46)10-11-41-35(51)32(50)38(3,4)16-63-69(58,59)66-68(56,57)62-15-23-31(65-67(53,54)55)29(49)36(64-23)45-18-44-27-33(39)42-17-43-34(27)45/h6,17-18,23,29,31-32,36,48-50H,7-16H2,1-5H3,(H,40,46)(H,41,51)(H,56,57)(H,58,59)(H2,39,42,43)(H2,53,54,55)/p-4/b19-6+/t23-,29-,31-,32+,36-/m1/s1. The van der Waals surface area contributed by atoms with Crippen LogP contribution in [-0.2, 0) is 68.5 Å². The number of hydrogen-bond acceptors (Lipinski definition) is 26. The highest BCUT2D eigenvalue weighted by Crippen LogP contribution is 2.56. The number of allylic oxidation sites excluding steroid dienone is 2. The summed E-state index contributed by atoms with van der Waals surface area (Å²) < 4.78 is 71.4. The second kappa shape index (κ2) is 23.4. The molecule has 2 amide bonds. The molecule has 32 heteroatoms. The van der Waals surface area contributed by atoms with Crippen molar-refractivity contribution in [3.63, 3.8) is 0 Å². The minimum absolute atomic E-state index is 0.0318. The van der Waals surface area contributed by atoms with Gasteiger partial charge in [-0.2, -0.15) is 0 Å². The van der Waals surface area contributed by atoms with E-state index < -0.39 is 90.5 Å². The lowest BCUT2D eigenvalue weighted by Gasteiger charge is -2.36. The Morgan fingerprint density at radius 3 is 2.46 bits per heavy atom. The molecule has 2 unspecified atom stereocenters. The van der Waals surface area contributed by atoms with E-state index in [2.05, 4.69) is 43.5 Å². The molecule has 0 aliphatic carbocycles. The van der Waals surface area contributed by atoms with Gasteiger partial charge in [-0.3, -0.25) is 28.1 Å². The Hall–Kier alpha value is -4.41. The average Bonchev–Trinajstić information content (AvgIpc) is 3.98. The Kier molecular flexibility index (Phi) is 18.9.